The number of aromatic nitrogens is 4. The largest absolute Gasteiger partial charge is 0.312 e. The SMILES string of the molecule is CCNC(Cn1cnc2c(cnn2C)c1=O)C1CCCC1. The molecule has 1 unspecified atom stereocenters. The molecule has 0 spiro atoms. The highest BCUT2D eigenvalue weighted by Gasteiger charge is 2.25. The number of aryl methyl sites for hydroxylation is 1. The minimum atomic E-state index is 0.00833. The Hall–Kier alpha value is -1.69. The highest BCUT2D eigenvalue weighted by molar-refractivity contribution is 5.72. The molecular weight excluding hydrogens is 266 g/mol. The zero-order valence-electron chi connectivity index (χ0n) is 12.7. The maximum absolute atomic E-state index is 12.5. The predicted molar refractivity (Wildman–Crippen MR) is 82.2 cm³/mol. The number of fused-ring (bicyclic) bond motifs is 1. The van der Waals surface area contributed by atoms with Gasteiger partial charge in [-0.05, 0) is 25.3 Å². The average molecular weight is 289 g/mol. The molecule has 0 amide bonds. The molecule has 0 aromatic carbocycles. The van der Waals surface area contributed by atoms with Gasteiger partial charge in [0.15, 0.2) is 5.65 Å². The highest BCUT2D eigenvalue weighted by atomic mass is 16.1. The van der Waals surface area contributed by atoms with Gasteiger partial charge >= 0.3 is 0 Å². The van der Waals surface area contributed by atoms with Gasteiger partial charge in [0.2, 0.25) is 0 Å². The van der Waals surface area contributed by atoms with Gasteiger partial charge in [0, 0.05) is 19.6 Å². The van der Waals surface area contributed by atoms with Crippen molar-refractivity contribution in [3.05, 3.63) is 22.9 Å². The standard InChI is InChI=1S/C15H23N5O/c1-3-16-13(11-6-4-5-7-11)9-20-10-17-14-12(15(20)21)8-18-19(14)2/h8,10-11,13,16H,3-7,9H2,1-2H3. The van der Waals surface area contributed by atoms with Crippen LogP contribution in [0, 0.1) is 5.92 Å². The van der Waals surface area contributed by atoms with Crippen molar-refractivity contribution in [3.8, 4) is 0 Å². The van der Waals surface area contributed by atoms with Crippen molar-refractivity contribution in [1.29, 1.82) is 0 Å². The van der Waals surface area contributed by atoms with Gasteiger partial charge in [-0.25, -0.2) is 4.98 Å². The van der Waals surface area contributed by atoms with Crippen LogP contribution in [-0.4, -0.2) is 31.9 Å². The van der Waals surface area contributed by atoms with Crippen LogP contribution in [0.4, 0.5) is 0 Å². The molecule has 1 aliphatic rings. The minimum absolute atomic E-state index is 0.00833. The van der Waals surface area contributed by atoms with E-state index in [0.717, 1.165) is 6.54 Å². The van der Waals surface area contributed by atoms with Gasteiger partial charge in [0.25, 0.3) is 5.56 Å². The number of nitrogens with one attached hydrogen (secondary N) is 1. The van der Waals surface area contributed by atoms with Gasteiger partial charge in [-0.1, -0.05) is 19.8 Å². The Kier molecular flexibility index (Phi) is 4.05. The first-order valence-electron chi connectivity index (χ1n) is 7.81. The van der Waals surface area contributed by atoms with E-state index in [1.165, 1.54) is 25.7 Å². The Labute approximate surface area is 124 Å². The summed E-state index contributed by atoms with van der Waals surface area (Å²) < 4.78 is 3.37. The van der Waals surface area contributed by atoms with Crippen LogP contribution in [0.25, 0.3) is 11.0 Å². The molecule has 1 N–H and O–H groups in total. The normalized spacial score (nSPS) is 17.6. The topological polar surface area (TPSA) is 64.7 Å². The molecule has 0 aliphatic heterocycles. The average Bonchev–Trinajstić information content (AvgIpc) is 3.12. The van der Waals surface area contributed by atoms with E-state index in [1.807, 2.05) is 0 Å². The fourth-order valence-corrected chi connectivity index (χ4v) is 3.41. The van der Waals surface area contributed by atoms with Crippen molar-refractivity contribution in [3.63, 3.8) is 0 Å². The maximum Gasteiger partial charge on any atom is 0.264 e. The van der Waals surface area contributed by atoms with Crippen LogP contribution in [0.3, 0.4) is 0 Å². The molecule has 1 atom stereocenters. The summed E-state index contributed by atoms with van der Waals surface area (Å²) >= 11 is 0. The summed E-state index contributed by atoms with van der Waals surface area (Å²) in [4.78, 5) is 16.9. The second kappa shape index (κ2) is 5.97. The van der Waals surface area contributed by atoms with Crippen molar-refractivity contribution in [2.75, 3.05) is 6.54 Å². The molecule has 1 saturated carbocycles. The van der Waals surface area contributed by atoms with Crippen LogP contribution in [-0.2, 0) is 13.6 Å². The van der Waals surface area contributed by atoms with Crippen LogP contribution in [0.2, 0.25) is 0 Å². The Morgan fingerprint density at radius 2 is 2.19 bits per heavy atom. The van der Waals surface area contributed by atoms with E-state index in [-0.39, 0.29) is 5.56 Å². The monoisotopic (exact) mass is 289 g/mol. The summed E-state index contributed by atoms with van der Waals surface area (Å²) in [6.45, 7) is 3.74. The fraction of sp³-hybridized carbons (Fsp3) is 0.667. The lowest BCUT2D eigenvalue weighted by molar-refractivity contribution is 0.324. The molecule has 0 bridgehead atoms. The first-order valence-corrected chi connectivity index (χ1v) is 7.81. The Morgan fingerprint density at radius 3 is 2.90 bits per heavy atom. The van der Waals surface area contributed by atoms with Gasteiger partial charge in [0.1, 0.15) is 11.7 Å². The zero-order chi connectivity index (χ0) is 14.8. The molecule has 1 aliphatic carbocycles. The van der Waals surface area contributed by atoms with E-state index in [0.29, 0.717) is 29.5 Å². The van der Waals surface area contributed by atoms with Gasteiger partial charge in [-0.3, -0.25) is 14.0 Å². The zero-order valence-corrected chi connectivity index (χ0v) is 12.7. The molecule has 2 heterocycles. The Morgan fingerprint density at radius 1 is 1.43 bits per heavy atom. The van der Waals surface area contributed by atoms with E-state index in [1.54, 1.807) is 28.8 Å². The summed E-state index contributed by atoms with van der Waals surface area (Å²) in [5.74, 6) is 0.668. The third-order valence-corrected chi connectivity index (χ3v) is 4.55. The first kappa shape index (κ1) is 14.3. The molecule has 114 valence electrons. The number of hydrogen-bond acceptors (Lipinski definition) is 4. The first-order chi connectivity index (χ1) is 10.2. The second-order valence-corrected chi connectivity index (χ2v) is 5.92. The molecule has 0 radical (unpaired) electrons. The molecule has 2 aromatic heterocycles. The van der Waals surface area contributed by atoms with Crippen molar-refractivity contribution in [2.45, 2.75) is 45.2 Å². The molecule has 0 saturated heterocycles. The highest BCUT2D eigenvalue weighted by Crippen LogP contribution is 2.28. The third kappa shape index (κ3) is 2.72. The fourth-order valence-electron chi connectivity index (χ4n) is 3.41. The van der Waals surface area contributed by atoms with Crippen LogP contribution in [0.1, 0.15) is 32.6 Å². The summed E-state index contributed by atoms with van der Waals surface area (Å²) in [7, 11) is 1.80. The van der Waals surface area contributed by atoms with Crippen molar-refractivity contribution >= 4 is 11.0 Å². The van der Waals surface area contributed by atoms with Crippen molar-refractivity contribution in [2.24, 2.45) is 13.0 Å². The second-order valence-electron chi connectivity index (χ2n) is 5.92. The van der Waals surface area contributed by atoms with Gasteiger partial charge in [-0.15, -0.1) is 0 Å². The van der Waals surface area contributed by atoms with Gasteiger partial charge in [-0.2, -0.15) is 5.10 Å². The van der Waals surface area contributed by atoms with Crippen LogP contribution < -0.4 is 10.9 Å². The van der Waals surface area contributed by atoms with E-state index < -0.39 is 0 Å². The lowest BCUT2D eigenvalue weighted by Gasteiger charge is -2.24. The van der Waals surface area contributed by atoms with Crippen molar-refractivity contribution < 1.29 is 0 Å². The van der Waals surface area contributed by atoms with E-state index >= 15 is 0 Å². The van der Waals surface area contributed by atoms with Crippen LogP contribution in [0.15, 0.2) is 17.3 Å². The van der Waals surface area contributed by atoms with Gasteiger partial charge in [0.05, 0.1) is 6.20 Å². The number of likely N-dealkylation sites (N-methyl/N-ethyl adjacent to an activating group) is 1. The summed E-state index contributed by atoms with van der Waals surface area (Å²) in [6, 6.07) is 0.353. The Balaban J connectivity index is 1.88. The molecule has 21 heavy (non-hydrogen) atoms. The quantitative estimate of drug-likeness (QED) is 0.901. The lowest BCUT2D eigenvalue weighted by Crippen LogP contribution is -2.41. The smallest absolute Gasteiger partial charge is 0.264 e. The van der Waals surface area contributed by atoms with E-state index in [4.69, 9.17) is 0 Å². The van der Waals surface area contributed by atoms with E-state index in [9.17, 15) is 4.79 Å². The summed E-state index contributed by atoms with van der Waals surface area (Å²) in [6.07, 6.45) is 8.40. The number of rotatable bonds is 5. The minimum Gasteiger partial charge on any atom is -0.312 e. The molecular formula is C15H23N5O. The predicted octanol–water partition coefficient (Wildman–Crippen LogP) is 1.30. The summed E-state index contributed by atoms with van der Waals surface area (Å²) in [5, 5.41) is 8.26. The molecule has 6 heteroatoms. The maximum atomic E-state index is 12.5. The third-order valence-electron chi connectivity index (χ3n) is 4.55. The molecule has 1 fully saturated rings. The number of hydrogen-bond donors (Lipinski definition) is 1. The lowest BCUT2D eigenvalue weighted by atomic mass is 9.98. The molecule has 3 rings (SSSR count). The number of nitrogens with zero attached hydrogens (tertiary/aromatic N) is 4. The Bertz CT molecular complexity index is 668. The summed E-state index contributed by atoms with van der Waals surface area (Å²) in [5.41, 5.74) is 0.658. The van der Waals surface area contributed by atoms with Crippen LogP contribution >= 0.6 is 0 Å². The van der Waals surface area contributed by atoms with E-state index in [2.05, 4.69) is 22.3 Å². The van der Waals surface area contributed by atoms with Crippen LogP contribution in [0.5, 0.6) is 0 Å². The molecule has 2 aromatic rings. The molecule has 6 nitrogen and oxygen atoms in total. The van der Waals surface area contributed by atoms with Gasteiger partial charge < -0.3 is 5.32 Å². The van der Waals surface area contributed by atoms with Crippen molar-refractivity contribution in [1.82, 2.24) is 24.6 Å².